The molecule has 2 aromatic heterocycles. The Bertz CT molecular complexity index is 516. The monoisotopic (exact) mass is 319 g/mol. The summed E-state index contributed by atoms with van der Waals surface area (Å²) >= 11 is 3.35. The van der Waals surface area contributed by atoms with Gasteiger partial charge >= 0.3 is 6.61 Å². The molecule has 96 valence electrons. The molecule has 0 saturated heterocycles. The van der Waals surface area contributed by atoms with Gasteiger partial charge in [0.05, 0.1) is 17.2 Å². The molecule has 0 aliphatic rings. The number of hydrogen-bond acceptors (Lipinski definition) is 5. The Morgan fingerprint density at radius 3 is 2.50 bits per heavy atom. The zero-order valence-electron chi connectivity index (χ0n) is 9.16. The lowest BCUT2D eigenvalue weighted by molar-refractivity contribution is -0.0503. The van der Waals surface area contributed by atoms with E-state index < -0.39 is 6.61 Å². The van der Waals surface area contributed by atoms with Gasteiger partial charge in [-0.1, -0.05) is 15.9 Å². The summed E-state index contributed by atoms with van der Waals surface area (Å²) in [6, 6.07) is 0. The molecule has 0 N–H and O–H groups in total. The van der Waals surface area contributed by atoms with Crippen LogP contribution < -0.4 is 4.74 Å². The first-order chi connectivity index (χ1) is 8.58. The molecule has 0 spiro atoms. The van der Waals surface area contributed by atoms with Crippen LogP contribution in [-0.4, -0.2) is 31.3 Å². The summed E-state index contributed by atoms with van der Waals surface area (Å²) in [5, 5.41) is 3.96. The second-order valence-corrected chi connectivity index (χ2v) is 4.62. The summed E-state index contributed by atoms with van der Waals surface area (Å²) in [5.74, 6) is 0.732. The molecule has 0 radical (unpaired) electrons. The molecule has 1 unspecified atom stereocenters. The Labute approximate surface area is 109 Å². The van der Waals surface area contributed by atoms with Crippen molar-refractivity contribution >= 4 is 15.9 Å². The normalized spacial score (nSPS) is 12.7. The third-order valence-corrected chi connectivity index (χ3v) is 2.37. The third kappa shape index (κ3) is 2.78. The number of ether oxygens (including phenoxy) is 1. The van der Waals surface area contributed by atoms with Gasteiger partial charge in [-0.3, -0.25) is 0 Å². The summed E-state index contributed by atoms with van der Waals surface area (Å²) in [4.78, 5) is 11.8. The second kappa shape index (κ2) is 5.34. The molecular weight excluding hydrogens is 312 g/mol. The van der Waals surface area contributed by atoms with Crippen LogP contribution in [0.5, 0.6) is 5.75 Å². The largest absolute Gasteiger partial charge is 0.432 e. The zero-order valence-corrected chi connectivity index (χ0v) is 10.8. The van der Waals surface area contributed by atoms with Crippen LogP contribution in [0.1, 0.15) is 17.6 Å². The molecule has 18 heavy (non-hydrogen) atoms. The maximum Gasteiger partial charge on any atom is 0.387 e. The van der Waals surface area contributed by atoms with Gasteiger partial charge in [0.15, 0.2) is 5.75 Å². The van der Waals surface area contributed by atoms with E-state index in [9.17, 15) is 8.78 Å². The molecule has 0 saturated carbocycles. The third-order valence-electron chi connectivity index (χ3n) is 1.96. The fourth-order valence-electron chi connectivity index (χ4n) is 1.26. The van der Waals surface area contributed by atoms with E-state index in [0.29, 0.717) is 5.82 Å². The lowest BCUT2D eigenvalue weighted by Crippen LogP contribution is -2.09. The maximum atomic E-state index is 12.0. The number of nitrogens with zero attached hydrogens (tertiary/aromatic N) is 5. The number of alkyl halides is 3. The minimum atomic E-state index is -2.90. The van der Waals surface area contributed by atoms with Crippen molar-refractivity contribution in [3.63, 3.8) is 0 Å². The Morgan fingerprint density at radius 2 is 1.94 bits per heavy atom. The molecule has 2 rings (SSSR count). The first kappa shape index (κ1) is 12.8. The number of hydrogen-bond donors (Lipinski definition) is 0. The topological polar surface area (TPSA) is 65.7 Å². The van der Waals surface area contributed by atoms with Crippen LogP contribution >= 0.6 is 15.9 Å². The fourth-order valence-corrected chi connectivity index (χ4v) is 1.57. The molecule has 0 aromatic carbocycles. The molecule has 1 atom stereocenters. The van der Waals surface area contributed by atoms with Gasteiger partial charge in [0.1, 0.15) is 12.2 Å². The van der Waals surface area contributed by atoms with Gasteiger partial charge in [-0.25, -0.2) is 15.0 Å². The van der Waals surface area contributed by atoms with E-state index in [1.165, 1.54) is 11.0 Å². The summed E-state index contributed by atoms with van der Waals surface area (Å²) in [6.45, 7) is -1.03. The molecule has 0 bridgehead atoms. The van der Waals surface area contributed by atoms with Crippen LogP contribution in [0.4, 0.5) is 8.78 Å². The SMILES string of the molecule is CC(Br)c1ncnn1-c1ncc(OC(F)F)cn1. The fraction of sp³-hybridized carbons (Fsp3) is 0.333. The van der Waals surface area contributed by atoms with Crippen molar-refractivity contribution in [2.24, 2.45) is 0 Å². The summed E-state index contributed by atoms with van der Waals surface area (Å²) in [5.41, 5.74) is 0. The van der Waals surface area contributed by atoms with Crippen molar-refractivity contribution < 1.29 is 13.5 Å². The van der Waals surface area contributed by atoms with E-state index >= 15 is 0 Å². The van der Waals surface area contributed by atoms with Gasteiger partial charge in [-0.05, 0) is 6.92 Å². The van der Waals surface area contributed by atoms with Crippen LogP contribution in [0.3, 0.4) is 0 Å². The van der Waals surface area contributed by atoms with Crippen LogP contribution in [-0.2, 0) is 0 Å². The Kier molecular flexibility index (Phi) is 3.80. The van der Waals surface area contributed by atoms with E-state index in [0.717, 1.165) is 12.4 Å². The predicted molar refractivity (Wildman–Crippen MR) is 60.9 cm³/mol. The highest BCUT2D eigenvalue weighted by Gasteiger charge is 2.14. The van der Waals surface area contributed by atoms with Gasteiger partial charge in [-0.15, -0.1) is 0 Å². The first-order valence-corrected chi connectivity index (χ1v) is 5.80. The van der Waals surface area contributed by atoms with E-state index in [4.69, 9.17) is 0 Å². The van der Waals surface area contributed by atoms with Crippen molar-refractivity contribution in [2.75, 3.05) is 0 Å². The summed E-state index contributed by atoms with van der Waals surface area (Å²) < 4.78 is 29.5. The van der Waals surface area contributed by atoms with Crippen LogP contribution in [0.25, 0.3) is 5.95 Å². The van der Waals surface area contributed by atoms with Gasteiger partial charge in [0, 0.05) is 0 Å². The average Bonchev–Trinajstić information content (AvgIpc) is 2.78. The minimum absolute atomic E-state index is 0.0411. The standard InChI is InChI=1S/C9H8BrF2N5O/c1-5(10)7-15-4-16-17(7)9-13-2-6(3-14-9)18-8(11)12/h2-5,8H,1H3. The van der Waals surface area contributed by atoms with Gasteiger partial charge < -0.3 is 4.74 Å². The van der Waals surface area contributed by atoms with E-state index in [-0.39, 0.29) is 16.5 Å². The highest BCUT2D eigenvalue weighted by Crippen LogP contribution is 2.20. The molecule has 6 nitrogen and oxygen atoms in total. The van der Waals surface area contributed by atoms with E-state index in [1.54, 1.807) is 0 Å². The number of halogens is 3. The van der Waals surface area contributed by atoms with Crippen LogP contribution in [0.2, 0.25) is 0 Å². The van der Waals surface area contributed by atoms with Crippen molar-refractivity contribution in [2.45, 2.75) is 18.4 Å². The van der Waals surface area contributed by atoms with Crippen molar-refractivity contribution in [1.82, 2.24) is 24.7 Å². The van der Waals surface area contributed by atoms with E-state index in [2.05, 4.69) is 40.7 Å². The number of aromatic nitrogens is 5. The number of rotatable bonds is 4. The Balaban J connectivity index is 2.26. The van der Waals surface area contributed by atoms with Crippen molar-refractivity contribution in [3.8, 4) is 11.7 Å². The molecule has 0 amide bonds. The molecule has 2 heterocycles. The average molecular weight is 320 g/mol. The Morgan fingerprint density at radius 1 is 1.28 bits per heavy atom. The zero-order chi connectivity index (χ0) is 13.1. The summed E-state index contributed by atoms with van der Waals surface area (Å²) in [6.07, 6.45) is 3.66. The van der Waals surface area contributed by atoms with Crippen LogP contribution in [0.15, 0.2) is 18.7 Å². The smallest absolute Gasteiger partial charge is 0.387 e. The second-order valence-electron chi connectivity index (χ2n) is 3.24. The van der Waals surface area contributed by atoms with Gasteiger partial charge in [-0.2, -0.15) is 18.6 Å². The van der Waals surface area contributed by atoms with Crippen molar-refractivity contribution in [3.05, 3.63) is 24.5 Å². The molecule has 9 heteroatoms. The minimum Gasteiger partial charge on any atom is -0.432 e. The van der Waals surface area contributed by atoms with Crippen molar-refractivity contribution in [1.29, 1.82) is 0 Å². The maximum absolute atomic E-state index is 12.0. The molecule has 2 aromatic rings. The predicted octanol–water partition coefficient (Wildman–Crippen LogP) is 2.11. The van der Waals surface area contributed by atoms with Gasteiger partial charge in [0.2, 0.25) is 0 Å². The lowest BCUT2D eigenvalue weighted by Gasteiger charge is -2.06. The lowest BCUT2D eigenvalue weighted by atomic mass is 10.4. The summed E-state index contributed by atoms with van der Waals surface area (Å²) in [7, 11) is 0. The Hall–Kier alpha value is -1.64. The van der Waals surface area contributed by atoms with Crippen LogP contribution in [0, 0.1) is 0 Å². The highest BCUT2D eigenvalue weighted by molar-refractivity contribution is 9.09. The molecule has 0 fully saturated rings. The first-order valence-electron chi connectivity index (χ1n) is 4.89. The van der Waals surface area contributed by atoms with Gasteiger partial charge in [0.25, 0.3) is 5.95 Å². The highest BCUT2D eigenvalue weighted by atomic mass is 79.9. The molecular formula is C9H8BrF2N5O. The molecule has 0 aliphatic heterocycles. The molecule has 0 aliphatic carbocycles. The quantitative estimate of drug-likeness (QED) is 0.807. The van der Waals surface area contributed by atoms with E-state index in [1.807, 2.05) is 6.92 Å².